The van der Waals surface area contributed by atoms with Gasteiger partial charge in [0.1, 0.15) is 0 Å². The van der Waals surface area contributed by atoms with E-state index in [1.165, 1.54) is 0 Å². The number of anilines is 1. The van der Waals surface area contributed by atoms with E-state index < -0.39 is 5.41 Å². The van der Waals surface area contributed by atoms with Gasteiger partial charge >= 0.3 is 0 Å². The molecule has 8 rings (SSSR count). The van der Waals surface area contributed by atoms with Crippen molar-refractivity contribution in [3.8, 4) is 0 Å². The van der Waals surface area contributed by atoms with Gasteiger partial charge in [0.25, 0.3) is 5.91 Å². The normalized spacial score (nSPS) is 13.9. The third kappa shape index (κ3) is 5.52. The molecule has 0 bridgehead atoms. The summed E-state index contributed by atoms with van der Waals surface area (Å²) >= 11 is 3.76. The van der Waals surface area contributed by atoms with Crippen LogP contribution in [0.5, 0.6) is 0 Å². The summed E-state index contributed by atoms with van der Waals surface area (Å²) < 4.78 is 0.974. The first-order valence-electron chi connectivity index (χ1n) is 16.6. The first-order chi connectivity index (χ1) is 24.1. The fourth-order valence-corrected chi connectivity index (χ4v) is 8.14. The summed E-state index contributed by atoms with van der Waals surface area (Å²) in [5.41, 5.74) is 6.59. The quantitative estimate of drug-likeness (QED) is 0.168. The highest BCUT2D eigenvalue weighted by Gasteiger charge is 2.49. The molecule has 7 aromatic rings. The van der Waals surface area contributed by atoms with E-state index >= 15 is 0 Å². The molecule has 49 heavy (non-hydrogen) atoms. The maximum atomic E-state index is 14.5. The minimum absolute atomic E-state index is 0.0290. The van der Waals surface area contributed by atoms with Crippen molar-refractivity contribution in [1.29, 1.82) is 0 Å². The molecular formula is C43H35BrN4O. The lowest BCUT2D eigenvalue weighted by Gasteiger charge is -2.48. The zero-order valence-electron chi connectivity index (χ0n) is 26.9. The second-order valence-electron chi connectivity index (χ2n) is 12.5. The Kier molecular flexibility index (Phi) is 8.32. The third-order valence-corrected chi connectivity index (χ3v) is 10.3. The zero-order chi connectivity index (χ0) is 33.2. The molecule has 2 heterocycles. The van der Waals surface area contributed by atoms with Gasteiger partial charge in [-0.3, -0.25) is 4.79 Å². The second-order valence-corrected chi connectivity index (χ2v) is 13.4. The topological polar surface area (TPSA) is 52.2 Å². The molecule has 1 N–H and O–H groups in total. The first kappa shape index (κ1) is 30.8. The van der Waals surface area contributed by atoms with Gasteiger partial charge in [-0.1, -0.05) is 143 Å². The number of hydrogen-bond acceptors (Lipinski definition) is 3. The maximum Gasteiger partial charge on any atom is 0.254 e. The van der Waals surface area contributed by atoms with Crippen molar-refractivity contribution >= 4 is 38.3 Å². The van der Waals surface area contributed by atoms with Gasteiger partial charge in [-0.25, -0.2) is 4.98 Å². The fourth-order valence-electron chi connectivity index (χ4n) is 7.73. The standard InChI is InChI=1S/C43H35BrN4O/c44-36-23-24-40-32(27-36)29-47(42(49)38-22-12-14-31-13-10-11-21-37(31)38)25-26-48(40)41(39-28-45-30-46-39)43(33-15-4-1-5-16-33,34-17-6-2-7-18-34)35-19-8-3-9-20-35/h1-24,27-28,30,41H,25-26,29H2,(H,45,46). The lowest BCUT2D eigenvalue weighted by atomic mass is 9.63. The van der Waals surface area contributed by atoms with Crippen LogP contribution in [0.4, 0.5) is 5.69 Å². The molecule has 0 saturated heterocycles. The summed E-state index contributed by atoms with van der Waals surface area (Å²) in [4.78, 5) is 27.3. The number of nitrogens with one attached hydrogen (secondary N) is 1. The predicted molar refractivity (Wildman–Crippen MR) is 201 cm³/mol. The predicted octanol–water partition coefficient (Wildman–Crippen LogP) is 9.56. The molecule has 0 saturated carbocycles. The van der Waals surface area contributed by atoms with Gasteiger partial charge in [-0.2, -0.15) is 0 Å². The Morgan fingerprint density at radius 2 is 1.33 bits per heavy atom. The second kappa shape index (κ2) is 13.2. The molecule has 0 radical (unpaired) electrons. The van der Waals surface area contributed by atoms with Gasteiger partial charge in [-0.05, 0) is 57.3 Å². The van der Waals surface area contributed by atoms with Crippen LogP contribution >= 0.6 is 15.9 Å². The SMILES string of the molecule is O=C(c1cccc2ccccc12)N1CCN(C(c2c[nH]cn2)C(c2ccccc2)(c2ccccc2)c2ccccc2)c2ccc(Br)cc2C1. The van der Waals surface area contributed by atoms with Gasteiger partial charge in [0.15, 0.2) is 0 Å². The molecule has 1 amide bonds. The zero-order valence-corrected chi connectivity index (χ0v) is 28.5. The van der Waals surface area contributed by atoms with Crippen LogP contribution in [0.15, 0.2) is 169 Å². The van der Waals surface area contributed by atoms with E-state index in [0.29, 0.717) is 19.6 Å². The Hall–Kier alpha value is -5.46. The summed E-state index contributed by atoms with van der Waals surface area (Å²) in [5, 5.41) is 2.03. The lowest BCUT2D eigenvalue weighted by Crippen LogP contribution is -2.48. The minimum Gasteiger partial charge on any atom is -0.359 e. The van der Waals surface area contributed by atoms with Gasteiger partial charge in [-0.15, -0.1) is 0 Å². The number of benzene rings is 6. The Morgan fingerprint density at radius 1 is 0.714 bits per heavy atom. The summed E-state index contributed by atoms with van der Waals surface area (Å²) in [5.74, 6) is 0.0290. The van der Waals surface area contributed by atoms with Crippen LogP contribution in [0.2, 0.25) is 0 Å². The number of imidazole rings is 1. The number of H-pyrrole nitrogens is 1. The van der Waals surface area contributed by atoms with Gasteiger partial charge in [0.05, 0.1) is 23.5 Å². The van der Waals surface area contributed by atoms with Crippen LogP contribution in [-0.4, -0.2) is 33.9 Å². The van der Waals surface area contributed by atoms with E-state index in [0.717, 1.165) is 54.4 Å². The Bertz CT molecular complexity index is 2100. The number of aromatic nitrogens is 2. The average Bonchev–Trinajstić information content (AvgIpc) is 3.63. The van der Waals surface area contributed by atoms with Crippen molar-refractivity contribution in [2.24, 2.45) is 0 Å². The maximum absolute atomic E-state index is 14.5. The van der Waals surface area contributed by atoms with Crippen molar-refractivity contribution in [3.63, 3.8) is 0 Å². The van der Waals surface area contributed by atoms with Crippen molar-refractivity contribution in [1.82, 2.24) is 14.9 Å². The Balaban J connectivity index is 1.35. The number of carbonyl (C=O) groups excluding carboxylic acids is 1. The molecule has 1 aliphatic heterocycles. The molecule has 0 fully saturated rings. The molecule has 6 aromatic carbocycles. The lowest BCUT2D eigenvalue weighted by molar-refractivity contribution is 0.0752. The molecule has 1 aliphatic rings. The van der Waals surface area contributed by atoms with Crippen molar-refractivity contribution in [2.45, 2.75) is 18.0 Å². The van der Waals surface area contributed by atoms with Gasteiger partial charge < -0.3 is 14.8 Å². The van der Waals surface area contributed by atoms with Gasteiger partial charge in [0, 0.05) is 41.6 Å². The molecule has 1 unspecified atom stereocenters. The smallest absolute Gasteiger partial charge is 0.254 e. The molecule has 0 aliphatic carbocycles. The minimum atomic E-state index is -0.682. The van der Waals surface area contributed by atoms with E-state index in [-0.39, 0.29) is 11.9 Å². The van der Waals surface area contributed by atoms with E-state index in [1.807, 2.05) is 41.4 Å². The molecule has 240 valence electrons. The van der Waals surface area contributed by atoms with E-state index in [9.17, 15) is 4.79 Å². The Labute approximate surface area is 295 Å². The van der Waals surface area contributed by atoms with Crippen LogP contribution in [0.25, 0.3) is 10.8 Å². The Morgan fingerprint density at radius 3 is 1.96 bits per heavy atom. The van der Waals surface area contributed by atoms with Crippen molar-refractivity contribution in [2.75, 3.05) is 18.0 Å². The molecular weight excluding hydrogens is 668 g/mol. The number of fused-ring (bicyclic) bond motifs is 2. The van der Waals surface area contributed by atoms with Crippen molar-refractivity contribution < 1.29 is 4.79 Å². The highest BCUT2D eigenvalue weighted by Crippen LogP contribution is 2.52. The molecule has 0 spiro atoms. The monoisotopic (exact) mass is 702 g/mol. The summed E-state index contributed by atoms with van der Waals surface area (Å²) in [7, 11) is 0. The third-order valence-electron chi connectivity index (χ3n) is 9.84. The largest absolute Gasteiger partial charge is 0.359 e. The van der Waals surface area contributed by atoms with Crippen LogP contribution < -0.4 is 4.90 Å². The summed E-state index contributed by atoms with van der Waals surface area (Å²) in [6, 6.07) is 52.6. The number of rotatable bonds is 7. The first-order valence-corrected chi connectivity index (χ1v) is 17.4. The summed E-state index contributed by atoms with van der Waals surface area (Å²) in [6.45, 7) is 1.61. The number of halogens is 1. The van der Waals surface area contributed by atoms with Gasteiger partial charge in [0.2, 0.25) is 0 Å². The van der Waals surface area contributed by atoms with Crippen molar-refractivity contribution in [3.05, 3.63) is 202 Å². The summed E-state index contributed by atoms with van der Waals surface area (Å²) in [6.07, 6.45) is 3.79. The van der Waals surface area contributed by atoms with Crippen LogP contribution in [0.3, 0.4) is 0 Å². The molecule has 5 nitrogen and oxygen atoms in total. The highest BCUT2D eigenvalue weighted by atomic mass is 79.9. The number of carbonyl (C=O) groups is 1. The number of nitrogens with zero attached hydrogens (tertiary/aromatic N) is 3. The molecule has 1 aromatic heterocycles. The average molecular weight is 704 g/mol. The highest BCUT2D eigenvalue weighted by molar-refractivity contribution is 9.10. The number of hydrogen-bond donors (Lipinski definition) is 1. The van der Waals surface area contributed by atoms with E-state index in [2.05, 4.69) is 147 Å². The van der Waals surface area contributed by atoms with Crippen LogP contribution in [0, 0.1) is 0 Å². The van der Waals surface area contributed by atoms with E-state index in [1.54, 1.807) is 6.33 Å². The van der Waals surface area contributed by atoms with Crippen LogP contribution in [-0.2, 0) is 12.0 Å². The fraction of sp³-hybridized carbons (Fsp3) is 0.116. The van der Waals surface area contributed by atoms with Crippen LogP contribution in [0.1, 0.15) is 44.3 Å². The number of amides is 1. The molecule has 6 heteroatoms. The number of aromatic amines is 1. The molecule has 1 atom stereocenters. The van der Waals surface area contributed by atoms with E-state index in [4.69, 9.17) is 4.98 Å².